The SMILES string of the molecule is CC1=Nc2cc(C(=O)C[C@@H](c3ccc(C(F)(F)F)cc3)c3ncccc3F)ccc2C1. The molecule has 0 fully saturated rings. The van der Waals surface area contributed by atoms with E-state index in [4.69, 9.17) is 0 Å². The van der Waals surface area contributed by atoms with Gasteiger partial charge in [-0.15, -0.1) is 0 Å². The molecule has 2 aromatic carbocycles. The first-order chi connectivity index (χ1) is 14.7. The summed E-state index contributed by atoms with van der Waals surface area (Å²) in [5.41, 5.74) is 2.74. The van der Waals surface area contributed by atoms with Gasteiger partial charge in [-0.3, -0.25) is 14.8 Å². The molecule has 3 aromatic rings. The molecule has 4 rings (SSSR count). The fourth-order valence-electron chi connectivity index (χ4n) is 3.75. The maximum absolute atomic E-state index is 14.5. The van der Waals surface area contributed by atoms with Gasteiger partial charge in [-0.2, -0.15) is 13.2 Å². The van der Waals surface area contributed by atoms with Crippen LogP contribution in [0.1, 0.15) is 52.0 Å². The lowest BCUT2D eigenvalue weighted by molar-refractivity contribution is -0.137. The molecule has 0 unspecified atom stereocenters. The van der Waals surface area contributed by atoms with Gasteiger partial charge in [0.2, 0.25) is 0 Å². The van der Waals surface area contributed by atoms with Crippen molar-refractivity contribution in [3.8, 4) is 0 Å². The summed E-state index contributed by atoms with van der Waals surface area (Å²) in [6, 6.07) is 12.3. The van der Waals surface area contributed by atoms with E-state index in [0.29, 0.717) is 11.1 Å². The number of benzene rings is 2. The summed E-state index contributed by atoms with van der Waals surface area (Å²) < 4.78 is 53.3. The molecule has 0 N–H and O–H groups in total. The quantitative estimate of drug-likeness (QED) is 0.355. The lowest BCUT2D eigenvalue weighted by atomic mass is 9.87. The summed E-state index contributed by atoms with van der Waals surface area (Å²) in [5, 5.41) is 0. The highest BCUT2D eigenvalue weighted by atomic mass is 19.4. The highest BCUT2D eigenvalue weighted by Gasteiger charge is 2.31. The molecule has 31 heavy (non-hydrogen) atoms. The van der Waals surface area contributed by atoms with Crippen molar-refractivity contribution in [3.63, 3.8) is 0 Å². The van der Waals surface area contributed by atoms with Crippen molar-refractivity contribution >= 4 is 17.2 Å². The van der Waals surface area contributed by atoms with Crippen LogP contribution in [-0.2, 0) is 12.6 Å². The third kappa shape index (κ3) is 4.40. The summed E-state index contributed by atoms with van der Waals surface area (Å²) in [7, 11) is 0. The normalized spacial score (nSPS) is 14.2. The number of hydrogen-bond acceptors (Lipinski definition) is 3. The average Bonchev–Trinajstić information content (AvgIpc) is 3.11. The second kappa shape index (κ2) is 8.06. The van der Waals surface area contributed by atoms with Crippen LogP contribution in [0.15, 0.2) is 65.8 Å². The van der Waals surface area contributed by atoms with Gasteiger partial charge in [-0.05, 0) is 48.4 Å². The molecule has 0 saturated carbocycles. The van der Waals surface area contributed by atoms with Gasteiger partial charge in [-0.25, -0.2) is 4.39 Å². The minimum absolute atomic E-state index is 0.0191. The summed E-state index contributed by atoms with van der Waals surface area (Å²) in [4.78, 5) is 21.5. The van der Waals surface area contributed by atoms with Gasteiger partial charge < -0.3 is 0 Å². The van der Waals surface area contributed by atoms with Crippen molar-refractivity contribution in [1.29, 1.82) is 0 Å². The number of carbonyl (C=O) groups excluding carboxylic acids is 1. The molecular formula is C24H18F4N2O. The molecule has 1 aliphatic rings. The van der Waals surface area contributed by atoms with Crippen LogP contribution in [0.2, 0.25) is 0 Å². The number of Topliss-reactive ketones (excluding diaryl/α,β-unsaturated/α-hetero) is 1. The molecule has 3 nitrogen and oxygen atoms in total. The Morgan fingerprint density at radius 2 is 1.84 bits per heavy atom. The van der Waals surface area contributed by atoms with E-state index in [0.717, 1.165) is 35.5 Å². The molecule has 1 aromatic heterocycles. The highest BCUT2D eigenvalue weighted by molar-refractivity contribution is 5.99. The maximum Gasteiger partial charge on any atom is 0.416 e. The number of aliphatic imine (C=N–C) groups is 1. The number of aromatic nitrogens is 1. The zero-order valence-electron chi connectivity index (χ0n) is 16.6. The van der Waals surface area contributed by atoms with Crippen molar-refractivity contribution in [1.82, 2.24) is 4.98 Å². The fourth-order valence-corrected chi connectivity index (χ4v) is 3.75. The van der Waals surface area contributed by atoms with Crippen LogP contribution in [0.4, 0.5) is 23.2 Å². The van der Waals surface area contributed by atoms with E-state index in [1.54, 1.807) is 12.1 Å². The summed E-state index contributed by atoms with van der Waals surface area (Å²) in [6.45, 7) is 1.91. The van der Waals surface area contributed by atoms with E-state index in [1.165, 1.54) is 30.5 Å². The molecule has 1 atom stereocenters. The van der Waals surface area contributed by atoms with Crippen LogP contribution < -0.4 is 0 Å². The Hall–Kier alpha value is -3.35. The lowest BCUT2D eigenvalue weighted by Gasteiger charge is -2.18. The van der Waals surface area contributed by atoms with Gasteiger partial charge in [0.25, 0.3) is 0 Å². The first-order valence-electron chi connectivity index (χ1n) is 9.70. The molecular weight excluding hydrogens is 408 g/mol. The first-order valence-corrected chi connectivity index (χ1v) is 9.70. The molecule has 0 amide bonds. The summed E-state index contributed by atoms with van der Waals surface area (Å²) >= 11 is 0. The van der Waals surface area contributed by atoms with Gasteiger partial charge in [0.05, 0.1) is 16.9 Å². The molecule has 2 heterocycles. The smallest absolute Gasteiger partial charge is 0.294 e. The van der Waals surface area contributed by atoms with Gasteiger partial charge in [-0.1, -0.05) is 24.3 Å². The standard InChI is InChI=1S/C24H18F4N2O/c1-14-11-16-4-5-17(12-21(16)30-14)22(31)13-19(23-20(25)3-2-10-29-23)15-6-8-18(9-7-15)24(26,27)28/h2-10,12,19H,11,13H2,1H3/t19-/m0/s1. The number of carbonyl (C=O) groups is 1. The predicted octanol–water partition coefficient (Wildman–Crippen LogP) is 6.29. The zero-order valence-corrected chi connectivity index (χ0v) is 16.6. The van der Waals surface area contributed by atoms with Crippen LogP contribution in [-0.4, -0.2) is 16.5 Å². The number of hydrogen-bond donors (Lipinski definition) is 0. The lowest BCUT2D eigenvalue weighted by Crippen LogP contribution is -2.13. The van der Waals surface area contributed by atoms with Gasteiger partial charge in [0.1, 0.15) is 5.82 Å². The van der Waals surface area contributed by atoms with Crippen molar-refractivity contribution < 1.29 is 22.4 Å². The average molecular weight is 426 g/mol. The Morgan fingerprint density at radius 3 is 2.52 bits per heavy atom. The second-order valence-electron chi connectivity index (χ2n) is 7.54. The van der Waals surface area contributed by atoms with E-state index in [-0.39, 0.29) is 17.9 Å². The number of alkyl halides is 3. The van der Waals surface area contributed by atoms with Crippen LogP contribution in [0, 0.1) is 5.82 Å². The van der Waals surface area contributed by atoms with E-state index in [2.05, 4.69) is 9.98 Å². The number of halogens is 4. The van der Waals surface area contributed by atoms with Gasteiger partial charge >= 0.3 is 6.18 Å². The molecule has 158 valence electrons. The Morgan fingerprint density at radius 1 is 1.10 bits per heavy atom. The fraction of sp³-hybridized carbons (Fsp3) is 0.208. The van der Waals surface area contributed by atoms with E-state index in [9.17, 15) is 22.4 Å². The minimum Gasteiger partial charge on any atom is -0.294 e. The summed E-state index contributed by atoms with van der Waals surface area (Å²) in [5.74, 6) is -1.71. The Bertz CT molecular complexity index is 1170. The highest BCUT2D eigenvalue weighted by Crippen LogP contribution is 2.35. The Kier molecular flexibility index (Phi) is 5.43. The number of fused-ring (bicyclic) bond motifs is 1. The Labute approximate surface area is 176 Å². The molecule has 0 aliphatic carbocycles. The van der Waals surface area contributed by atoms with E-state index in [1.807, 2.05) is 13.0 Å². The third-order valence-corrected chi connectivity index (χ3v) is 5.31. The third-order valence-electron chi connectivity index (χ3n) is 5.31. The molecule has 0 radical (unpaired) electrons. The summed E-state index contributed by atoms with van der Waals surface area (Å²) in [6.07, 6.45) is -2.49. The monoisotopic (exact) mass is 426 g/mol. The van der Waals surface area contributed by atoms with Crippen LogP contribution in [0.5, 0.6) is 0 Å². The number of ketones is 1. The van der Waals surface area contributed by atoms with Gasteiger partial charge in [0.15, 0.2) is 5.78 Å². The van der Waals surface area contributed by atoms with Crippen LogP contribution >= 0.6 is 0 Å². The van der Waals surface area contributed by atoms with Crippen molar-refractivity contribution in [2.75, 3.05) is 0 Å². The topological polar surface area (TPSA) is 42.3 Å². The molecule has 7 heteroatoms. The largest absolute Gasteiger partial charge is 0.416 e. The Balaban J connectivity index is 1.68. The minimum atomic E-state index is -4.48. The second-order valence-corrected chi connectivity index (χ2v) is 7.54. The van der Waals surface area contributed by atoms with Crippen LogP contribution in [0.25, 0.3) is 0 Å². The molecule has 0 saturated heterocycles. The van der Waals surface area contributed by atoms with E-state index >= 15 is 0 Å². The first kappa shape index (κ1) is 20.9. The number of nitrogens with zero attached hydrogens (tertiary/aromatic N) is 2. The maximum atomic E-state index is 14.5. The number of rotatable bonds is 5. The van der Waals surface area contributed by atoms with Gasteiger partial charge in [0, 0.05) is 36.2 Å². The van der Waals surface area contributed by atoms with Crippen molar-refractivity contribution in [2.45, 2.75) is 31.9 Å². The molecule has 0 bridgehead atoms. The van der Waals surface area contributed by atoms with Crippen molar-refractivity contribution in [3.05, 3.63) is 94.6 Å². The molecule has 1 aliphatic heterocycles. The number of pyridine rings is 1. The zero-order chi connectivity index (χ0) is 22.2. The van der Waals surface area contributed by atoms with Crippen molar-refractivity contribution in [2.24, 2.45) is 4.99 Å². The van der Waals surface area contributed by atoms with E-state index < -0.39 is 23.5 Å². The van der Waals surface area contributed by atoms with Crippen LogP contribution in [0.3, 0.4) is 0 Å². The molecule has 0 spiro atoms. The predicted molar refractivity (Wildman–Crippen MR) is 109 cm³/mol.